The van der Waals surface area contributed by atoms with Crippen LogP contribution in [0.3, 0.4) is 0 Å². The molecule has 0 bridgehead atoms. The number of esters is 1. The highest BCUT2D eigenvalue weighted by Gasteiger charge is 2.19. The van der Waals surface area contributed by atoms with Crippen LogP contribution < -0.4 is 4.74 Å². The summed E-state index contributed by atoms with van der Waals surface area (Å²) in [6.07, 6.45) is 7.83. The first-order chi connectivity index (χ1) is 15.1. The Morgan fingerprint density at radius 2 is 1.84 bits per heavy atom. The second-order valence-electron chi connectivity index (χ2n) is 8.46. The molecule has 1 N–H and O–H groups in total. The summed E-state index contributed by atoms with van der Waals surface area (Å²) in [7, 11) is 0. The minimum Gasteiger partial charge on any atom is -0.489 e. The van der Waals surface area contributed by atoms with Gasteiger partial charge in [0.1, 0.15) is 19.0 Å². The number of hydrogen-bond donors (Lipinski definition) is 1. The van der Waals surface area contributed by atoms with E-state index in [0.29, 0.717) is 12.3 Å². The fraction of sp³-hybridized carbons (Fsp3) is 0.444. The van der Waals surface area contributed by atoms with Crippen molar-refractivity contribution < 1.29 is 19.4 Å². The number of aliphatic hydroxyl groups excluding tert-OH is 1. The SMILES string of the molecule is C=CC(=O)OCCOc1cc(CCCO)ccc1-c1ccc(C2CCC(C)CC2)cc1. The van der Waals surface area contributed by atoms with Crippen LogP contribution in [-0.2, 0) is 16.0 Å². The number of aliphatic hydroxyl groups is 1. The smallest absolute Gasteiger partial charge is 0.330 e. The van der Waals surface area contributed by atoms with E-state index in [1.165, 1.54) is 31.2 Å². The first-order valence-electron chi connectivity index (χ1n) is 11.4. The molecule has 0 aliphatic heterocycles. The van der Waals surface area contributed by atoms with Gasteiger partial charge in [0, 0.05) is 18.2 Å². The first kappa shape index (κ1) is 23.1. The van der Waals surface area contributed by atoms with E-state index in [1.807, 2.05) is 6.07 Å². The number of carbonyl (C=O) groups excluding carboxylic acids is 1. The van der Waals surface area contributed by atoms with E-state index in [9.17, 15) is 4.79 Å². The van der Waals surface area contributed by atoms with E-state index >= 15 is 0 Å². The second-order valence-corrected chi connectivity index (χ2v) is 8.46. The molecular formula is C27H34O4. The monoisotopic (exact) mass is 422 g/mol. The predicted molar refractivity (Wildman–Crippen MR) is 124 cm³/mol. The molecule has 4 heteroatoms. The first-order valence-corrected chi connectivity index (χ1v) is 11.4. The fourth-order valence-corrected chi connectivity index (χ4v) is 4.24. The zero-order chi connectivity index (χ0) is 22.1. The third-order valence-corrected chi connectivity index (χ3v) is 6.13. The highest BCUT2D eigenvalue weighted by molar-refractivity contribution is 5.81. The van der Waals surface area contributed by atoms with Gasteiger partial charge in [0.15, 0.2) is 0 Å². The summed E-state index contributed by atoms with van der Waals surface area (Å²) in [4.78, 5) is 11.2. The molecule has 166 valence electrons. The van der Waals surface area contributed by atoms with Crippen LogP contribution in [0, 0.1) is 5.92 Å². The number of hydrogen-bond acceptors (Lipinski definition) is 4. The average Bonchev–Trinajstić information content (AvgIpc) is 2.81. The van der Waals surface area contributed by atoms with E-state index < -0.39 is 5.97 Å². The van der Waals surface area contributed by atoms with Gasteiger partial charge in [-0.3, -0.25) is 0 Å². The van der Waals surface area contributed by atoms with E-state index in [2.05, 4.69) is 49.9 Å². The summed E-state index contributed by atoms with van der Waals surface area (Å²) in [6.45, 7) is 6.36. The standard InChI is InChI=1S/C27H34O4/c1-3-27(29)31-18-17-30-26-19-21(5-4-16-28)8-15-25(26)24-13-11-23(12-14-24)22-9-6-20(2)7-10-22/h3,8,11-15,19-20,22,28H,1,4-7,9-10,16-18H2,2H3. The third-order valence-electron chi connectivity index (χ3n) is 6.13. The Labute approximate surface area is 185 Å². The maximum Gasteiger partial charge on any atom is 0.330 e. The lowest BCUT2D eigenvalue weighted by atomic mass is 9.79. The van der Waals surface area contributed by atoms with Crippen LogP contribution in [0.15, 0.2) is 55.1 Å². The number of aryl methyl sites for hydroxylation is 1. The molecule has 0 atom stereocenters. The zero-order valence-electron chi connectivity index (χ0n) is 18.5. The molecule has 1 fully saturated rings. The Morgan fingerprint density at radius 3 is 2.52 bits per heavy atom. The van der Waals surface area contributed by atoms with Crippen LogP contribution in [0.25, 0.3) is 11.1 Å². The van der Waals surface area contributed by atoms with Crippen molar-refractivity contribution in [3.8, 4) is 16.9 Å². The Balaban J connectivity index is 1.74. The van der Waals surface area contributed by atoms with Gasteiger partial charge >= 0.3 is 5.97 Å². The van der Waals surface area contributed by atoms with Gasteiger partial charge in [0.05, 0.1) is 0 Å². The van der Waals surface area contributed by atoms with Crippen molar-refractivity contribution in [2.75, 3.05) is 19.8 Å². The summed E-state index contributed by atoms with van der Waals surface area (Å²) in [6, 6.07) is 15.1. The molecular weight excluding hydrogens is 388 g/mol. The minimum atomic E-state index is -0.451. The van der Waals surface area contributed by atoms with Gasteiger partial charge in [-0.2, -0.15) is 0 Å². The van der Waals surface area contributed by atoms with Crippen molar-refractivity contribution in [1.82, 2.24) is 0 Å². The van der Waals surface area contributed by atoms with Crippen molar-refractivity contribution in [2.24, 2.45) is 5.92 Å². The lowest BCUT2D eigenvalue weighted by molar-refractivity contribution is -0.138. The van der Waals surface area contributed by atoms with Gasteiger partial charge in [-0.15, -0.1) is 0 Å². The molecule has 4 nitrogen and oxygen atoms in total. The predicted octanol–water partition coefficient (Wildman–Crippen LogP) is 5.68. The Hall–Kier alpha value is -2.59. The van der Waals surface area contributed by atoms with Crippen molar-refractivity contribution in [3.05, 3.63) is 66.2 Å². The molecule has 1 aliphatic rings. The third kappa shape index (κ3) is 6.70. The summed E-state index contributed by atoms with van der Waals surface area (Å²) < 4.78 is 11.0. The maximum absolute atomic E-state index is 11.2. The van der Waals surface area contributed by atoms with Crippen molar-refractivity contribution in [2.45, 2.75) is 51.4 Å². The molecule has 31 heavy (non-hydrogen) atoms. The summed E-state index contributed by atoms with van der Waals surface area (Å²) in [5, 5.41) is 9.14. The van der Waals surface area contributed by atoms with Crippen LogP contribution in [-0.4, -0.2) is 30.9 Å². The Bertz CT molecular complexity index is 848. The number of benzene rings is 2. The van der Waals surface area contributed by atoms with Crippen LogP contribution in [0.2, 0.25) is 0 Å². The van der Waals surface area contributed by atoms with Gasteiger partial charge in [-0.05, 0) is 60.3 Å². The van der Waals surface area contributed by atoms with Crippen LogP contribution in [0.5, 0.6) is 5.75 Å². The minimum absolute atomic E-state index is 0.164. The van der Waals surface area contributed by atoms with Gasteiger partial charge in [-0.1, -0.05) is 62.7 Å². The quantitative estimate of drug-likeness (QED) is 0.304. The van der Waals surface area contributed by atoms with E-state index in [4.69, 9.17) is 14.6 Å². The maximum atomic E-state index is 11.2. The van der Waals surface area contributed by atoms with Gasteiger partial charge in [-0.25, -0.2) is 4.79 Å². The van der Waals surface area contributed by atoms with E-state index in [0.717, 1.165) is 40.9 Å². The Kier molecular flexibility index (Phi) is 8.72. The molecule has 1 aliphatic carbocycles. The lowest BCUT2D eigenvalue weighted by Gasteiger charge is -2.26. The van der Waals surface area contributed by atoms with Crippen molar-refractivity contribution in [1.29, 1.82) is 0 Å². The average molecular weight is 423 g/mol. The van der Waals surface area contributed by atoms with E-state index in [1.54, 1.807) is 0 Å². The normalized spacial score (nSPS) is 18.4. The van der Waals surface area contributed by atoms with Gasteiger partial charge in [0.2, 0.25) is 0 Å². The largest absolute Gasteiger partial charge is 0.489 e. The number of rotatable bonds is 10. The van der Waals surface area contributed by atoms with Crippen LogP contribution in [0.4, 0.5) is 0 Å². The molecule has 0 aromatic heterocycles. The number of carbonyl (C=O) groups is 1. The van der Waals surface area contributed by atoms with Gasteiger partial charge < -0.3 is 14.6 Å². The van der Waals surface area contributed by atoms with Crippen LogP contribution in [0.1, 0.15) is 56.1 Å². The van der Waals surface area contributed by atoms with Crippen LogP contribution >= 0.6 is 0 Å². The summed E-state index contributed by atoms with van der Waals surface area (Å²) in [5.74, 6) is 1.84. The number of ether oxygens (including phenoxy) is 2. The molecule has 0 amide bonds. The molecule has 0 heterocycles. The van der Waals surface area contributed by atoms with Crippen molar-refractivity contribution in [3.63, 3.8) is 0 Å². The summed E-state index contributed by atoms with van der Waals surface area (Å²) in [5.41, 5.74) is 4.67. The molecule has 0 spiro atoms. The lowest BCUT2D eigenvalue weighted by Crippen LogP contribution is -2.11. The molecule has 2 aromatic carbocycles. The van der Waals surface area contributed by atoms with Crippen molar-refractivity contribution >= 4 is 5.97 Å². The molecule has 2 aromatic rings. The topological polar surface area (TPSA) is 55.8 Å². The Morgan fingerprint density at radius 1 is 1.10 bits per heavy atom. The zero-order valence-corrected chi connectivity index (χ0v) is 18.5. The fourth-order valence-electron chi connectivity index (χ4n) is 4.24. The summed E-state index contributed by atoms with van der Waals surface area (Å²) >= 11 is 0. The molecule has 3 rings (SSSR count). The molecule has 0 radical (unpaired) electrons. The van der Waals surface area contributed by atoms with Gasteiger partial charge in [0.25, 0.3) is 0 Å². The second kappa shape index (κ2) is 11.7. The molecule has 1 saturated carbocycles. The highest BCUT2D eigenvalue weighted by atomic mass is 16.6. The molecule has 0 unspecified atom stereocenters. The van der Waals surface area contributed by atoms with E-state index in [-0.39, 0.29) is 19.8 Å². The highest BCUT2D eigenvalue weighted by Crippen LogP contribution is 2.37. The molecule has 0 saturated heterocycles.